The number of hydrogen-bond donors (Lipinski definition) is 1. The maximum absolute atomic E-state index is 11.4. The third-order valence-electron chi connectivity index (χ3n) is 1.82. The van der Waals surface area contributed by atoms with E-state index in [1.807, 2.05) is 0 Å². The summed E-state index contributed by atoms with van der Waals surface area (Å²) in [5.41, 5.74) is 3.02. The molecule has 0 aromatic carbocycles. The molecule has 0 bridgehead atoms. The van der Waals surface area contributed by atoms with E-state index < -0.39 is 11.9 Å². The average Bonchev–Trinajstić information content (AvgIpc) is 2.69. The second-order valence-electron chi connectivity index (χ2n) is 2.89. The molecule has 0 unspecified atom stereocenters. The fraction of sp³-hybridized carbons (Fsp3) is 0.200. The number of nitrogens with one attached hydrogen (secondary N) is 1. The first kappa shape index (κ1) is 13.3. The molecule has 0 atom stereocenters. The maximum Gasteiger partial charge on any atom is 0.356 e. The predicted octanol–water partition coefficient (Wildman–Crippen LogP) is 1.27. The Morgan fingerprint density at radius 2 is 2.12 bits per heavy atom. The quantitative estimate of drug-likeness (QED) is 0.670. The van der Waals surface area contributed by atoms with Crippen LogP contribution in [0.1, 0.15) is 10.5 Å². The molecule has 6 nitrogen and oxygen atoms in total. The minimum atomic E-state index is -0.497. The van der Waals surface area contributed by atoms with Crippen molar-refractivity contribution in [3.8, 4) is 0 Å². The first-order valence-corrected chi connectivity index (χ1v) is 5.35. The van der Waals surface area contributed by atoms with Crippen molar-refractivity contribution < 1.29 is 19.1 Å². The van der Waals surface area contributed by atoms with Crippen molar-refractivity contribution in [1.82, 2.24) is 4.68 Å². The highest BCUT2D eigenvalue weighted by molar-refractivity contribution is 9.10. The summed E-state index contributed by atoms with van der Waals surface area (Å²) in [6, 6.07) is 1.59. The molecule has 1 N–H and O–H groups in total. The Bertz CT molecular complexity index is 453. The van der Waals surface area contributed by atoms with Crippen LogP contribution < -0.4 is 5.43 Å². The molecule has 0 aliphatic heterocycles. The Kier molecular flexibility index (Phi) is 4.77. The number of hydrogen-bond acceptors (Lipinski definition) is 5. The van der Waals surface area contributed by atoms with Gasteiger partial charge in [-0.3, -0.25) is 4.68 Å². The summed E-state index contributed by atoms with van der Waals surface area (Å²) in [6.07, 6.45) is 4.16. The number of esters is 2. The van der Waals surface area contributed by atoms with Crippen molar-refractivity contribution in [2.24, 2.45) is 0 Å². The largest absolute Gasteiger partial charge is 0.466 e. The molecule has 0 saturated carbocycles. The van der Waals surface area contributed by atoms with Gasteiger partial charge in [0.1, 0.15) is 5.69 Å². The first-order valence-electron chi connectivity index (χ1n) is 4.55. The Morgan fingerprint density at radius 1 is 1.41 bits per heavy atom. The van der Waals surface area contributed by atoms with E-state index in [-0.39, 0.29) is 0 Å². The second-order valence-corrected chi connectivity index (χ2v) is 3.81. The van der Waals surface area contributed by atoms with Crippen LogP contribution in [0.4, 0.5) is 0 Å². The van der Waals surface area contributed by atoms with Crippen LogP contribution in [0.2, 0.25) is 0 Å². The van der Waals surface area contributed by atoms with Gasteiger partial charge in [0.15, 0.2) is 0 Å². The topological polar surface area (TPSA) is 69.6 Å². The maximum atomic E-state index is 11.4. The highest BCUT2D eigenvalue weighted by atomic mass is 79.9. The Morgan fingerprint density at radius 3 is 2.71 bits per heavy atom. The molecule has 0 fully saturated rings. The van der Waals surface area contributed by atoms with Gasteiger partial charge in [-0.15, -0.1) is 0 Å². The van der Waals surface area contributed by atoms with Gasteiger partial charge in [-0.1, -0.05) is 0 Å². The van der Waals surface area contributed by atoms with E-state index in [9.17, 15) is 9.59 Å². The average molecular weight is 303 g/mol. The molecule has 1 aromatic heterocycles. The van der Waals surface area contributed by atoms with E-state index in [2.05, 4.69) is 30.8 Å². The summed E-state index contributed by atoms with van der Waals surface area (Å²) in [5, 5.41) is 0. The van der Waals surface area contributed by atoms with Crippen LogP contribution in [-0.4, -0.2) is 30.8 Å². The molecule has 1 rings (SSSR count). The highest BCUT2D eigenvalue weighted by Crippen LogP contribution is 2.14. The smallest absolute Gasteiger partial charge is 0.356 e. The Labute approximate surface area is 106 Å². The van der Waals surface area contributed by atoms with Crippen molar-refractivity contribution in [3.63, 3.8) is 0 Å². The van der Waals surface area contributed by atoms with Crippen molar-refractivity contribution in [1.29, 1.82) is 0 Å². The number of carbonyl (C=O) groups excluding carboxylic acids is 2. The van der Waals surface area contributed by atoms with E-state index in [4.69, 9.17) is 0 Å². The van der Waals surface area contributed by atoms with Crippen LogP contribution in [-0.2, 0) is 14.3 Å². The molecular weight excluding hydrogens is 292 g/mol. The van der Waals surface area contributed by atoms with Crippen LogP contribution in [0.15, 0.2) is 29.0 Å². The van der Waals surface area contributed by atoms with Gasteiger partial charge in [0.2, 0.25) is 0 Å². The lowest BCUT2D eigenvalue weighted by Crippen LogP contribution is -2.16. The van der Waals surface area contributed by atoms with Gasteiger partial charge >= 0.3 is 11.9 Å². The number of carbonyl (C=O) groups is 2. The standard InChI is InChI=1S/C10H11BrN2O4/c1-16-9(14)3-4-12-13-6-7(11)5-8(13)10(15)17-2/h3-6,12H,1-2H3. The normalized spacial score (nSPS) is 10.3. The number of ether oxygens (including phenoxy) is 2. The van der Waals surface area contributed by atoms with Crippen LogP contribution in [0.5, 0.6) is 0 Å². The van der Waals surface area contributed by atoms with Gasteiger partial charge in [-0.25, -0.2) is 9.59 Å². The Hall–Kier alpha value is -1.76. The summed E-state index contributed by atoms with van der Waals surface area (Å²) in [7, 11) is 2.57. The van der Waals surface area contributed by atoms with Gasteiger partial charge in [-0.2, -0.15) is 0 Å². The molecule has 7 heteroatoms. The number of aromatic nitrogens is 1. The van der Waals surface area contributed by atoms with Crippen molar-refractivity contribution in [2.45, 2.75) is 0 Å². The number of methoxy groups -OCH3 is 2. The van der Waals surface area contributed by atoms with Crippen LogP contribution in [0.25, 0.3) is 0 Å². The summed E-state index contributed by atoms with van der Waals surface area (Å²) < 4.78 is 11.1. The predicted molar refractivity (Wildman–Crippen MR) is 64.0 cm³/mol. The van der Waals surface area contributed by atoms with E-state index >= 15 is 0 Å². The van der Waals surface area contributed by atoms with Gasteiger partial charge < -0.3 is 14.9 Å². The van der Waals surface area contributed by atoms with Gasteiger partial charge in [0, 0.05) is 22.9 Å². The zero-order valence-electron chi connectivity index (χ0n) is 9.27. The zero-order chi connectivity index (χ0) is 12.8. The number of halogens is 1. The van der Waals surface area contributed by atoms with E-state index in [0.717, 1.165) is 0 Å². The van der Waals surface area contributed by atoms with Crippen molar-refractivity contribution >= 4 is 27.9 Å². The molecule has 1 heterocycles. The molecule has 17 heavy (non-hydrogen) atoms. The van der Waals surface area contributed by atoms with E-state index in [1.165, 1.54) is 31.2 Å². The van der Waals surface area contributed by atoms with Crippen LogP contribution in [0.3, 0.4) is 0 Å². The lowest BCUT2D eigenvalue weighted by molar-refractivity contribution is -0.134. The molecule has 0 radical (unpaired) electrons. The minimum absolute atomic E-state index is 0.300. The molecular formula is C10H11BrN2O4. The van der Waals surface area contributed by atoms with Crippen LogP contribution in [0, 0.1) is 0 Å². The zero-order valence-corrected chi connectivity index (χ0v) is 10.9. The van der Waals surface area contributed by atoms with Gasteiger partial charge in [0.25, 0.3) is 0 Å². The van der Waals surface area contributed by atoms with Gasteiger partial charge in [-0.05, 0) is 22.0 Å². The first-order chi connectivity index (χ1) is 8.08. The monoisotopic (exact) mass is 302 g/mol. The Balaban J connectivity index is 2.80. The fourth-order valence-electron chi connectivity index (χ4n) is 1.05. The molecule has 0 spiro atoms. The molecule has 92 valence electrons. The van der Waals surface area contributed by atoms with E-state index in [0.29, 0.717) is 10.2 Å². The van der Waals surface area contributed by atoms with Crippen LogP contribution >= 0.6 is 15.9 Å². The molecule has 0 aliphatic carbocycles. The third kappa shape index (κ3) is 3.63. The summed E-state index contributed by atoms with van der Waals surface area (Å²) in [5.74, 6) is -0.988. The molecule has 0 saturated heterocycles. The highest BCUT2D eigenvalue weighted by Gasteiger charge is 2.12. The van der Waals surface area contributed by atoms with Gasteiger partial charge in [0.05, 0.1) is 14.2 Å². The summed E-state index contributed by atoms with van der Waals surface area (Å²) >= 11 is 3.23. The summed E-state index contributed by atoms with van der Waals surface area (Å²) in [6.45, 7) is 0. The number of rotatable bonds is 4. The fourth-order valence-corrected chi connectivity index (χ4v) is 1.47. The lowest BCUT2D eigenvalue weighted by atomic mass is 10.4. The lowest BCUT2D eigenvalue weighted by Gasteiger charge is -2.06. The van der Waals surface area contributed by atoms with Crippen molar-refractivity contribution in [2.75, 3.05) is 19.6 Å². The van der Waals surface area contributed by atoms with Crippen molar-refractivity contribution in [3.05, 3.63) is 34.7 Å². The molecule has 1 aromatic rings. The SMILES string of the molecule is COC(=O)C=CNn1cc(Br)cc1C(=O)OC. The molecule has 0 amide bonds. The third-order valence-corrected chi connectivity index (χ3v) is 2.25. The molecule has 0 aliphatic rings. The number of nitrogens with zero attached hydrogens (tertiary/aromatic N) is 1. The summed E-state index contributed by atoms with van der Waals surface area (Å²) in [4.78, 5) is 22.2. The second kappa shape index (κ2) is 6.09. The van der Waals surface area contributed by atoms with E-state index in [1.54, 1.807) is 12.3 Å². The minimum Gasteiger partial charge on any atom is -0.466 e.